The minimum atomic E-state index is -3.93. The molecule has 0 aliphatic heterocycles. The maximum absolute atomic E-state index is 12.1. The van der Waals surface area contributed by atoms with Crippen molar-refractivity contribution in [3.63, 3.8) is 0 Å². The molecule has 0 bridgehead atoms. The SMILES string of the molecule is COC(=O)c1ccc(S(=O)(=O)Oc2cccc(I)c2)cc1. The highest BCUT2D eigenvalue weighted by atomic mass is 127. The molecule has 2 rings (SSSR count). The number of hydrogen-bond donors (Lipinski definition) is 0. The molecule has 2 aromatic rings. The Labute approximate surface area is 136 Å². The molecule has 0 aromatic heterocycles. The van der Waals surface area contributed by atoms with E-state index in [0.717, 1.165) is 3.57 Å². The summed E-state index contributed by atoms with van der Waals surface area (Å²) in [6.45, 7) is 0. The summed E-state index contributed by atoms with van der Waals surface area (Å²) < 4.78 is 34.7. The molecule has 0 N–H and O–H groups in total. The molecule has 7 heteroatoms. The van der Waals surface area contributed by atoms with Crippen molar-refractivity contribution >= 4 is 38.7 Å². The summed E-state index contributed by atoms with van der Waals surface area (Å²) in [7, 11) is -2.68. The van der Waals surface area contributed by atoms with Gasteiger partial charge >= 0.3 is 16.1 Å². The second-order valence-corrected chi connectivity index (χ2v) is 6.80. The maximum Gasteiger partial charge on any atom is 0.339 e. The summed E-state index contributed by atoms with van der Waals surface area (Å²) >= 11 is 2.06. The van der Waals surface area contributed by atoms with Crippen LogP contribution in [0.25, 0.3) is 0 Å². The van der Waals surface area contributed by atoms with Gasteiger partial charge in [0.15, 0.2) is 0 Å². The van der Waals surface area contributed by atoms with Gasteiger partial charge in [-0.25, -0.2) is 4.79 Å². The van der Waals surface area contributed by atoms with E-state index in [2.05, 4.69) is 27.3 Å². The summed E-state index contributed by atoms with van der Waals surface area (Å²) in [5.74, 6) is -0.295. The third-order valence-electron chi connectivity index (χ3n) is 2.57. The van der Waals surface area contributed by atoms with Gasteiger partial charge in [-0.3, -0.25) is 0 Å². The Morgan fingerprint density at radius 1 is 1.10 bits per heavy atom. The van der Waals surface area contributed by atoms with Gasteiger partial charge in [0.05, 0.1) is 12.7 Å². The smallest absolute Gasteiger partial charge is 0.339 e. The van der Waals surface area contributed by atoms with Crippen LogP contribution in [0.2, 0.25) is 0 Å². The van der Waals surface area contributed by atoms with E-state index in [1.807, 2.05) is 6.07 Å². The molecule has 0 unspecified atom stereocenters. The summed E-state index contributed by atoms with van der Waals surface area (Å²) in [5.41, 5.74) is 0.269. The number of carbonyl (C=O) groups is 1. The first-order valence-electron chi connectivity index (χ1n) is 5.81. The third-order valence-corrected chi connectivity index (χ3v) is 4.50. The molecular formula is C14H11IO5S. The van der Waals surface area contributed by atoms with Gasteiger partial charge in [0.1, 0.15) is 10.6 Å². The molecule has 0 radical (unpaired) electrons. The molecule has 0 fully saturated rings. The van der Waals surface area contributed by atoms with Crippen molar-refractivity contribution < 1.29 is 22.1 Å². The lowest BCUT2D eigenvalue weighted by molar-refractivity contribution is 0.0600. The molecule has 2 aromatic carbocycles. The third kappa shape index (κ3) is 3.94. The predicted molar refractivity (Wildman–Crippen MR) is 84.8 cm³/mol. The Morgan fingerprint density at radius 2 is 1.76 bits per heavy atom. The van der Waals surface area contributed by atoms with Crippen molar-refractivity contribution in [1.82, 2.24) is 0 Å². The molecule has 0 heterocycles. The molecule has 0 spiro atoms. The minimum absolute atomic E-state index is 0.0333. The van der Waals surface area contributed by atoms with E-state index < -0.39 is 16.1 Å². The highest BCUT2D eigenvalue weighted by molar-refractivity contribution is 14.1. The van der Waals surface area contributed by atoms with Crippen LogP contribution in [0.4, 0.5) is 0 Å². The minimum Gasteiger partial charge on any atom is -0.465 e. The Balaban J connectivity index is 2.25. The lowest BCUT2D eigenvalue weighted by atomic mass is 10.2. The van der Waals surface area contributed by atoms with Crippen molar-refractivity contribution in [2.24, 2.45) is 0 Å². The normalized spacial score (nSPS) is 11.0. The maximum atomic E-state index is 12.1. The van der Waals surface area contributed by atoms with Crippen molar-refractivity contribution in [3.8, 4) is 5.75 Å². The number of halogens is 1. The number of hydrogen-bond acceptors (Lipinski definition) is 5. The van der Waals surface area contributed by atoms with E-state index in [-0.39, 0.29) is 16.2 Å². The van der Waals surface area contributed by atoms with Crippen LogP contribution in [0, 0.1) is 3.57 Å². The summed E-state index contributed by atoms with van der Waals surface area (Å²) in [6, 6.07) is 12.0. The first-order valence-corrected chi connectivity index (χ1v) is 8.29. The van der Waals surface area contributed by atoms with Crippen LogP contribution >= 0.6 is 22.6 Å². The van der Waals surface area contributed by atoms with Gasteiger partial charge < -0.3 is 8.92 Å². The van der Waals surface area contributed by atoms with Gasteiger partial charge in [-0.1, -0.05) is 6.07 Å². The molecule has 0 saturated carbocycles. The zero-order valence-corrected chi connectivity index (χ0v) is 13.9. The Morgan fingerprint density at radius 3 is 2.33 bits per heavy atom. The number of esters is 1. The van der Waals surface area contributed by atoms with Crippen LogP contribution in [0.15, 0.2) is 53.4 Å². The van der Waals surface area contributed by atoms with Crippen molar-refractivity contribution in [3.05, 3.63) is 57.7 Å². The van der Waals surface area contributed by atoms with Gasteiger partial charge in [0.25, 0.3) is 0 Å². The van der Waals surface area contributed by atoms with Crippen LogP contribution in [-0.4, -0.2) is 21.5 Å². The Hall–Kier alpha value is -1.61. The number of methoxy groups -OCH3 is 1. The molecule has 0 aliphatic rings. The van der Waals surface area contributed by atoms with Crippen LogP contribution < -0.4 is 4.18 Å². The first-order chi connectivity index (χ1) is 9.92. The quantitative estimate of drug-likeness (QED) is 0.434. The van der Waals surface area contributed by atoms with Gasteiger partial charge in [0.2, 0.25) is 0 Å². The molecule has 0 aliphatic carbocycles. The number of rotatable bonds is 4. The van der Waals surface area contributed by atoms with E-state index in [1.165, 1.54) is 31.4 Å². The monoisotopic (exact) mass is 418 g/mol. The average Bonchev–Trinajstić information content (AvgIpc) is 2.46. The van der Waals surface area contributed by atoms with E-state index in [4.69, 9.17) is 4.18 Å². The van der Waals surface area contributed by atoms with Gasteiger partial charge in [-0.05, 0) is 65.1 Å². The standard InChI is InChI=1S/C14H11IO5S/c1-19-14(16)10-5-7-13(8-6-10)21(17,18)20-12-4-2-3-11(15)9-12/h2-9H,1H3. The zero-order valence-electron chi connectivity index (χ0n) is 10.9. The Bertz CT molecular complexity index is 753. The molecule has 0 atom stereocenters. The lowest BCUT2D eigenvalue weighted by Gasteiger charge is -2.07. The predicted octanol–water partition coefficient (Wildman–Crippen LogP) is 2.85. The molecular weight excluding hydrogens is 407 g/mol. The van der Waals surface area contributed by atoms with Crippen LogP contribution in [0.1, 0.15) is 10.4 Å². The fraction of sp³-hybridized carbons (Fsp3) is 0.0714. The van der Waals surface area contributed by atoms with E-state index in [0.29, 0.717) is 0 Å². The summed E-state index contributed by atoms with van der Waals surface area (Å²) in [4.78, 5) is 11.3. The topological polar surface area (TPSA) is 69.7 Å². The second-order valence-electron chi connectivity index (χ2n) is 4.01. The highest BCUT2D eigenvalue weighted by Gasteiger charge is 2.17. The molecule has 21 heavy (non-hydrogen) atoms. The first kappa shape index (κ1) is 15.8. The van der Waals surface area contributed by atoms with Crippen molar-refractivity contribution in [1.29, 1.82) is 0 Å². The highest BCUT2D eigenvalue weighted by Crippen LogP contribution is 2.21. The number of carbonyl (C=O) groups excluding carboxylic acids is 1. The fourth-order valence-electron chi connectivity index (χ4n) is 1.57. The van der Waals surface area contributed by atoms with Crippen LogP contribution in [-0.2, 0) is 14.9 Å². The summed E-state index contributed by atoms with van der Waals surface area (Å²) in [5, 5.41) is 0. The van der Waals surface area contributed by atoms with E-state index in [9.17, 15) is 13.2 Å². The van der Waals surface area contributed by atoms with Gasteiger partial charge in [0, 0.05) is 3.57 Å². The van der Waals surface area contributed by atoms with E-state index in [1.54, 1.807) is 18.2 Å². The summed E-state index contributed by atoms with van der Waals surface area (Å²) in [6.07, 6.45) is 0. The van der Waals surface area contributed by atoms with Crippen molar-refractivity contribution in [2.75, 3.05) is 7.11 Å². The fourth-order valence-corrected chi connectivity index (χ4v) is 3.01. The largest absolute Gasteiger partial charge is 0.465 e. The zero-order chi connectivity index (χ0) is 15.5. The molecule has 0 amide bonds. The molecule has 110 valence electrons. The molecule has 0 saturated heterocycles. The van der Waals surface area contributed by atoms with Crippen LogP contribution in [0.5, 0.6) is 5.75 Å². The number of ether oxygens (including phenoxy) is 1. The van der Waals surface area contributed by atoms with Gasteiger partial charge in [-0.15, -0.1) is 0 Å². The van der Waals surface area contributed by atoms with Crippen molar-refractivity contribution in [2.45, 2.75) is 4.90 Å². The number of benzene rings is 2. The van der Waals surface area contributed by atoms with Crippen LogP contribution in [0.3, 0.4) is 0 Å². The molecule has 5 nitrogen and oxygen atoms in total. The lowest BCUT2D eigenvalue weighted by Crippen LogP contribution is -2.10. The van der Waals surface area contributed by atoms with Gasteiger partial charge in [-0.2, -0.15) is 8.42 Å². The van der Waals surface area contributed by atoms with E-state index >= 15 is 0 Å². The Kier molecular flexibility index (Phi) is 4.84. The second kappa shape index (κ2) is 6.44. The average molecular weight is 418 g/mol.